The first-order chi connectivity index (χ1) is 8.74. The zero-order chi connectivity index (χ0) is 12.5. The number of aromatic nitrogens is 2. The van der Waals surface area contributed by atoms with Crippen molar-refractivity contribution in [1.82, 2.24) is 15.5 Å². The quantitative estimate of drug-likeness (QED) is 0.865. The van der Waals surface area contributed by atoms with Crippen molar-refractivity contribution in [2.24, 2.45) is 0 Å². The van der Waals surface area contributed by atoms with Crippen molar-refractivity contribution in [1.29, 1.82) is 0 Å². The molecule has 0 spiro atoms. The van der Waals surface area contributed by atoms with Crippen LogP contribution in [0.3, 0.4) is 0 Å². The molecule has 7 nitrogen and oxygen atoms in total. The number of nitrogens with one attached hydrogen (secondary N) is 1. The topological polar surface area (TPSA) is 80.5 Å². The standard InChI is InChI=1S/C11H10N4O3/c1-7-14-11(16)18-15(7)9-4-2-3-8(5-9)10-12-6-13-17-10/h2-7H,1H3,(H,14,16). The van der Waals surface area contributed by atoms with Crippen LogP contribution >= 0.6 is 0 Å². The van der Waals surface area contributed by atoms with Crippen LogP contribution in [0.4, 0.5) is 10.5 Å². The third-order valence-electron chi connectivity index (χ3n) is 2.57. The maximum absolute atomic E-state index is 11.1. The zero-order valence-electron chi connectivity index (χ0n) is 9.53. The van der Waals surface area contributed by atoms with E-state index in [1.807, 2.05) is 31.2 Å². The van der Waals surface area contributed by atoms with E-state index in [1.165, 1.54) is 11.4 Å². The second-order valence-corrected chi connectivity index (χ2v) is 3.82. The number of nitrogens with zero attached hydrogens (tertiary/aromatic N) is 3. The van der Waals surface area contributed by atoms with Crippen molar-refractivity contribution < 1.29 is 14.2 Å². The van der Waals surface area contributed by atoms with Crippen molar-refractivity contribution in [2.45, 2.75) is 13.1 Å². The lowest BCUT2D eigenvalue weighted by Crippen LogP contribution is -2.32. The number of carbonyl (C=O) groups excluding carboxylic acids is 1. The molecular formula is C11H10N4O3. The van der Waals surface area contributed by atoms with Gasteiger partial charge in [-0.05, 0) is 25.1 Å². The molecule has 0 aliphatic carbocycles. The Bertz CT molecular complexity index is 569. The molecule has 1 aromatic carbocycles. The number of hydrogen-bond donors (Lipinski definition) is 1. The molecule has 1 atom stereocenters. The first kappa shape index (κ1) is 10.6. The van der Waals surface area contributed by atoms with Crippen molar-refractivity contribution in [2.75, 3.05) is 5.06 Å². The maximum Gasteiger partial charge on any atom is 0.433 e. The third kappa shape index (κ3) is 1.75. The molecule has 1 saturated heterocycles. The smallest absolute Gasteiger partial charge is 0.334 e. The van der Waals surface area contributed by atoms with Crippen molar-refractivity contribution in [3.63, 3.8) is 0 Å². The summed E-state index contributed by atoms with van der Waals surface area (Å²) in [5.41, 5.74) is 1.50. The molecule has 1 aliphatic heterocycles. The molecule has 3 rings (SSSR count). The number of hydroxylamine groups is 1. The van der Waals surface area contributed by atoms with E-state index in [0.717, 1.165) is 11.3 Å². The van der Waals surface area contributed by atoms with Crippen LogP contribution in [0, 0.1) is 0 Å². The molecule has 7 heteroatoms. The predicted octanol–water partition coefficient (Wildman–Crippen LogP) is 1.54. The fourth-order valence-electron chi connectivity index (χ4n) is 1.78. The van der Waals surface area contributed by atoms with E-state index in [0.29, 0.717) is 5.89 Å². The van der Waals surface area contributed by atoms with Gasteiger partial charge in [0, 0.05) is 5.56 Å². The summed E-state index contributed by atoms with van der Waals surface area (Å²) >= 11 is 0. The summed E-state index contributed by atoms with van der Waals surface area (Å²) in [6.45, 7) is 1.82. The number of anilines is 1. The third-order valence-corrected chi connectivity index (χ3v) is 2.57. The summed E-state index contributed by atoms with van der Waals surface area (Å²) in [6, 6.07) is 7.31. The number of hydrogen-bond acceptors (Lipinski definition) is 6. The molecule has 1 fully saturated rings. The number of benzene rings is 1. The minimum atomic E-state index is -0.467. The Hall–Kier alpha value is -2.57. The summed E-state index contributed by atoms with van der Waals surface area (Å²) in [5, 5.41) is 7.68. The van der Waals surface area contributed by atoms with E-state index in [9.17, 15) is 4.79 Å². The number of rotatable bonds is 2. The molecular weight excluding hydrogens is 236 g/mol. The second-order valence-electron chi connectivity index (χ2n) is 3.82. The van der Waals surface area contributed by atoms with Crippen LogP contribution in [-0.2, 0) is 4.84 Å². The molecule has 1 amide bonds. The average molecular weight is 246 g/mol. The monoisotopic (exact) mass is 246 g/mol. The largest absolute Gasteiger partial charge is 0.433 e. The lowest BCUT2D eigenvalue weighted by atomic mass is 10.2. The molecule has 0 saturated carbocycles. The SMILES string of the molecule is CC1NC(=O)ON1c1cccc(-c2ncno2)c1. The van der Waals surface area contributed by atoms with E-state index in [4.69, 9.17) is 9.36 Å². The van der Waals surface area contributed by atoms with Gasteiger partial charge in [0.1, 0.15) is 6.17 Å². The first-order valence-electron chi connectivity index (χ1n) is 5.39. The lowest BCUT2D eigenvalue weighted by Gasteiger charge is -2.18. The van der Waals surface area contributed by atoms with Gasteiger partial charge >= 0.3 is 6.09 Å². The van der Waals surface area contributed by atoms with Gasteiger partial charge in [-0.15, -0.1) is 0 Å². The Kier molecular flexibility index (Phi) is 2.36. The minimum absolute atomic E-state index is 0.226. The van der Waals surface area contributed by atoms with Crippen LogP contribution in [0.5, 0.6) is 0 Å². The van der Waals surface area contributed by atoms with E-state index < -0.39 is 6.09 Å². The Balaban J connectivity index is 1.94. The number of carbonyl (C=O) groups is 1. The summed E-state index contributed by atoms with van der Waals surface area (Å²) in [4.78, 5) is 20.2. The van der Waals surface area contributed by atoms with Gasteiger partial charge in [0.15, 0.2) is 6.33 Å². The summed E-state index contributed by atoms with van der Waals surface area (Å²) < 4.78 is 4.98. The highest BCUT2D eigenvalue weighted by Crippen LogP contribution is 2.25. The normalized spacial score (nSPS) is 18.6. The lowest BCUT2D eigenvalue weighted by molar-refractivity contribution is 0.163. The minimum Gasteiger partial charge on any atom is -0.334 e. The van der Waals surface area contributed by atoms with Gasteiger partial charge in [0.25, 0.3) is 5.89 Å². The second kappa shape index (κ2) is 4.02. The van der Waals surface area contributed by atoms with Gasteiger partial charge in [-0.25, -0.2) is 4.79 Å². The van der Waals surface area contributed by atoms with Gasteiger partial charge in [-0.2, -0.15) is 10.0 Å². The summed E-state index contributed by atoms with van der Waals surface area (Å²) in [5.74, 6) is 0.419. The van der Waals surface area contributed by atoms with Crippen LogP contribution in [0.25, 0.3) is 11.5 Å². The molecule has 0 radical (unpaired) electrons. The van der Waals surface area contributed by atoms with Gasteiger partial charge in [-0.1, -0.05) is 11.2 Å². The Labute approximate surface area is 102 Å². The Morgan fingerprint density at radius 3 is 3.00 bits per heavy atom. The van der Waals surface area contributed by atoms with Gasteiger partial charge < -0.3 is 9.36 Å². The summed E-state index contributed by atoms with van der Waals surface area (Å²) in [7, 11) is 0. The van der Waals surface area contributed by atoms with Crippen molar-refractivity contribution in [3.8, 4) is 11.5 Å². The fraction of sp³-hybridized carbons (Fsp3) is 0.182. The highest BCUT2D eigenvalue weighted by molar-refractivity contribution is 5.73. The van der Waals surface area contributed by atoms with E-state index in [2.05, 4.69) is 15.5 Å². The highest BCUT2D eigenvalue weighted by atomic mass is 16.7. The molecule has 1 unspecified atom stereocenters. The predicted molar refractivity (Wildman–Crippen MR) is 61.3 cm³/mol. The van der Waals surface area contributed by atoms with E-state index in [1.54, 1.807) is 0 Å². The number of amides is 1. The molecule has 92 valence electrons. The summed E-state index contributed by atoms with van der Waals surface area (Å²) in [6.07, 6.45) is 0.642. The fourth-order valence-corrected chi connectivity index (χ4v) is 1.78. The van der Waals surface area contributed by atoms with Crippen LogP contribution in [0.15, 0.2) is 35.1 Å². The molecule has 18 heavy (non-hydrogen) atoms. The van der Waals surface area contributed by atoms with Crippen molar-refractivity contribution >= 4 is 11.8 Å². The van der Waals surface area contributed by atoms with Gasteiger partial charge in [0.2, 0.25) is 0 Å². The van der Waals surface area contributed by atoms with Gasteiger partial charge in [-0.3, -0.25) is 5.32 Å². The molecule has 2 aromatic rings. The van der Waals surface area contributed by atoms with Crippen LogP contribution in [0.2, 0.25) is 0 Å². The Morgan fingerprint density at radius 2 is 2.33 bits per heavy atom. The van der Waals surface area contributed by atoms with E-state index in [-0.39, 0.29) is 6.17 Å². The maximum atomic E-state index is 11.1. The molecule has 2 heterocycles. The highest BCUT2D eigenvalue weighted by Gasteiger charge is 2.28. The van der Waals surface area contributed by atoms with Crippen molar-refractivity contribution in [3.05, 3.63) is 30.6 Å². The van der Waals surface area contributed by atoms with Crippen LogP contribution in [0.1, 0.15) is 6.92 Å². The Morgan fingerprint density at radius 1 is 1.44 bits per heavy atom. The van der Waals surface area contributed by atoms with Gasteiger partial charge in [0.05, 0.1) is 5.69 Å². The van der Waals surface area contributed by atoms with Crippen LogP contribution < -0.4 is 10.4 Å². The average Bonchev–Trinajstić information content (AvgIpc) is 2.99. The molecule has 1 N–H and O–H groups in total. The molecule has 1 aromatic heterocycles. The van der Waals surface area contributed by atoms with Crippen LogP contribution in [-0.4, -0.2) is 22.4 Å². The molecule has 0 bridgehead atoms. The van der Waals surface area contributed by atoms with E-state index >= 15 is 0 Å². The first-order valence-corrected chi connectivity index (χ1v) is 5.39. The zero-order valence-corrected chi connectivity index (χ0v) is 9.53. The molecule has 1 aliphatic rings.